The molecule has 0 heterocycles. The summed E-state index contributed by atoms with van der Waals surface area (Å²) in [5.74, 6) is 0.855. The van der Waals surface area contributed by atoms with Crippen LogP contribution >= 0.6 is 0 Å². The van der Waals surface area contributed by atoms with E-state index in [0.717, 1.165) is 36.6 Å². The van der Waals surface area contributed by atoms with Crippen molar-refractivity contribution >= 4 is 0 Å². The fraction of sp³-hybridized carbons (Fsp3) is 0.600. The first-order valence-corrected chi connectivity index (χ1v) is 6.63. The van der Waals surface area contributed by atoms with Crippen LogP contribution in [0.3, 0.4) is 0 Å². The van der Waals surface area contributed by atoms with Gasteiger partial charge in [-0.3, -0.25) is 4.90 Å². The number of rotatable bonds is 8. The van der Waals surface area contributed by atoms with E-state index in [1.807, 2.05) is 32.0 Å². The average molecular weight is 267 g/mol. The summed E-state index contributed by atoms with van der Waals surface area (Å²) in [6.45, 7) is 6.48. The highest BCUT2D eigenvalue weighted by atomic mass is 16.5. The summed E-state index contributed by atoms with van der Waals surface area (Å²) in [6.07, 6.45) is 0.264. The lowest BCUT2D eigenvalue weighted by Gasteiger charge is -2.19. The Labute approximate surface area is 115 Å². The zero-order chi connectivity index (χ0) is 14.3. The molecule has 0 saturated heterocycles. The third kappa shape index (κ3) is 5.59. The normalized spacial score (nSPS) is 11.3. The van der Waals surface area contributed by atoms with Crippen LogP contribution in [0.1, 0.15) is 25.0 Å². The molecule has 4 nitrogen and oxygen atoms in total. The molecular weight excluding hydrogens is 242 g/mol. The van der Waals surface area contributed by atoms with Crippen LogP contribution in [0.25, 0.3) is 0 Å². The number of likely N-dealkylation sites (N-methyl/N-ethyl adjacent to an activating group) is 1. The molecule has 108 valence electrons. The van der Waals surface area contributed by atoms with Crippen molar-refractivity contribution < 1.29 is 14.6 Å². The van der Waals surface area contributed by atoms with Gasteiger partial charge >= 0.3 is 0 Å². The molecule has 1 rings (SSSR count). The highest BCUT2D eigenvalue weighted by molar-refractivity contribution is 5.37. The molecular formula is C15H25NO3. The lowest BCUT2D eigenvalue weighted by molar-refractivity contribution is 0.0626. The van der Waals surface area contributed by atoms with Crippen LogP contribution in [0.15, 0.2) is 18.2 Å². The van der Waals surface area contributed by atoms with Gasteiger partial charge in [0.05, 0.1) is 26.4 Å². The Morgan fingerprint density at radius 1 is 1.32 bits per heavy atom. The summed E-state index contributed by atoms with van der Waals surface area (Å²) in [7, 11) is 3.72. The highest BCUT2D eigenvalue weighted by Gasteiger charge is 2.08. The number of aliphatic hydroxyl groups is 1. The Kier molecular flexibility index (Phi) is 6.84. The topological polar surface area (TPSA) is 41.9 Å². The van der Waals surface area contributed by atoms with Crippen molar-refractivity contribution in [3.05, 3.63) is 29.3 Å². The number of benzene rings is 1. The van der Waals surface area contributed by atoms with Gasteiger partial charge in [0.1, 0.15) is 5.75 Å². The standard InChI is InChI=1S/C15H25NO3/c1-12(2)19-8-7-16(3)10-14-9-13(11-17)5-6-15(14)18-4/h5-6,9,12,17H,7-8,10-11H2,1-4H3. The molecule has 0 aliphatic rings. The summed E-state index contributed by atoms with van der Waals surface area (Å²) >= 11 is 0. The summed E-state index contributed by atoms with van der Waals surface area (Å²) in [6, 6.07) is 5.77. The third-order valence-corrected chi connectivity index (χ3v) is 2.89. The van der Waals surface area contributed by atoms with Gasteiger partial charge in [0.25, 0.3) is 0 Å². The van der Waals surface area contributed by atoms with Crippen LogP contribution in [0.4, 0.5) is 0 Å². The Balaban J connectivity index is 2.58. The fourth-order valence-corrected chi connectivity index (χ4v) is 1.87. The van der Waals surface area contributed by atoms with Gasteiger partial charge < -0.3 is 14.6 Å². The van der Waals surface area contributed by atoms with E-state index in [0.29, 0.717) is 0 Å². The zero-order valence-corrected chi connectivity index (χ0v) is 12.3. The molecule has 19 heavy (non-hydrogen) atoms. The molecule has 0 unspecified atom stereocenters. The number of hydrogen-bond donors (Lipinski definition) is 1. The first kappa shape index (κ1) is 16.0. The average Bonchev–Trinajstić information content (AvgIpc) is 2.38. The molecule has 0 atom stereocenters. The molecule has 1 N–H and O–H groups in total. The van der Waals surface area contributed by atoms with E-state index in [1.165, 1.54) is 0 Å². The Morgan fingerprint density at radius 2 is 2.05 bits per heavy atom. The smallest absolute Gasteiger partial charge is 0.123 e. The fourth-order valence-electron chi connectivity index (χ4n) is 1.87. The molecule has 0 aliphatic carbocycles. The second-order valence-electron chi connectivity index (χ2n) is 4.96. The van der Waals surface area contributed by atoms with E-state index in [4.69, 9.17) is 9.47 Å². The van der Waals surface area contributed by atoms with Crippen LogP contribution in [0, 0.1) is 0 Å². The van der Waals surface area contributed by atoms with E-state index in [9.17, 15) is 5.11 Å². The molecule has 0 radical (unpaired) electrons. The Morgan fingerprint density at radius 3 is 2.63 bits per heavy atom. The van der Waals surface area contributed by atoms with E-state index in [1.54, 1.807) is 7.11 Å². The first-order chi connectivity index (χ1) is 9.06. The minimum absolute atomic E-state index is 0.0527. The molecule has 0 fully saturated rings. The van der Waals surface area contributed by atoms with Crippen molar-refractivity contribution in [3.8, 4) is 5.75 Å². The van der Waals surface area contributed by atoms with Gasteiger partial charge in [-0.15, -0.1) is 0 Å². The molecule has 4 heteroatoms. The summed E-state index contributed by atoms with van der Waals surface area (Å²) in [5.41, 5.74) is 1.99. The monoisotopic (exact) mass is 267 g/mol. The number of nitrogens with zero attached hydrogens (tertiary/aromatic N) is 1. The number of ether oxygens (including phenoxy) is 2. The number of hydrogen-bond acceptors (Lipinski definition) is 4. The van der Waals surface area contributed by atoms with Gasteiger partial charge in [-0.2, -0.15) is 0 Å². The van der Waals surface area contributed by atoms with Gasteiger partial charge in [0.2, 0.25) is 0 Å². The van der Waals surface area contributed by atoms with Crippen LogP contribution in [-0.2, 0) is 17.9 Å². The molecule has 0 bridgehead atoms. The molecule has 0 amide bonds. The van der Waals surface area contributed by atoms with Crippen LogP contribution < -0.4 is 4.74 Å². The SMILES string of the molecule is COc1ccc(CO)cc1CN(C)CCOC(C)C. The van der Waals surface area contributed by atoms with Crippen LogP contribution in [-0.4, -0.2) is 43.4 Å². The maximum Gasteiger partial charge on any atom is 0.123 e. The second kappa shape index (κ2) is 8.15. The van der Waals surface area contributed by atoms with Crippen molar-refractivity contribution in [2.24, 2.45) is 0 Å². The van der Waals surface area contributed by atoms with Gasteiger partial charge in [-0.05, 0) is 38.6 Å². The minimum atomic E-state index is 0.0527. The predicted octanol–water partition coefficient (Wildman–Crippen LogP) is 2.04. The van der Waals surface area contributed by atoms with Gasteiger partial charge in [0.15, 0.2) is 0 Å². The van der Waals surface area contributed by atoms with Crippen LogP contribution in [0.2, 0.25) is 0 Å². The number of aliphatic hydroxyl groups excluding tert-OH is 1. The molecule has 0 saturated carbocycles. The van der Waals surface area contributed by atoms with Crippen LogP contribution in [0.5, 0.6) is 5.75 Å². The van der Waals surface area contributed by atoms with Gasteiger partial charge in [-0.1, -0.05) is 6.07 Å². The Bertz CT molecular complexity index is 380. The molecule has 1 aromatic rings. The van der Waals surface area contributed by atoms with Crippen molar-refractivity contribution in [2.75, 3.05) is 27.3 Å². The minimum Gasteiger partial charge on any atom is -0.496 e. The first-order valence-electron chi connectivity index (χ1n) is 6.63. The van der Waals surface area contributed by atoms with E-state index in [-0.39, 0.29) is 12.7 Å². The molecule has 0 aromatic heterocycles. The molecule has 1 aromatic carbocycles. The van der Waals surface area contributed by atoms with E-state index >= 15 is 0 Å². The lowest BCUT2D eigenvalue weighted by Crippen LogP contribution is -2.24. The largest absolute Gasteiger partial charge is 0.496 e. The van der Waals surface area contributed by atoms with E-state index < -0.39 is 0 Å². The number of methoxy groups -OCH3 is 1. The zero-order valence-electron chi connectivity index (χ0n) is 12.3. The van der Waals surface area contributed by atoms with Gasteiger partial charge in [0, 0.05) is 18.7 Å². The van der Waals surface area contributed by atoms with Crippen molar-refractivity contribution in [1.29, 1.82) is 0 Å². The lowest BCUT2D eigenvalue weighted by atomic mass is 10.1. The molecule has 0 aliphatic heterocycles. The molecule has 0 spiro atoms. The maximum absolute atomic E-state index is 9.19. The summed E-state index contributed by atoms with van der Waals surface area (Å²) in [4.78, 5) is 2.18. The van der Waals surface area contributed by atoms with E-state index in [2.05, 4.69) is 11.9 Å². The summed E-state index contributed by atoms with van der Waals surface area (Å²) in [5, 5.41) is 9.19. The van der Waals surface area contributed by atoms with Crippen molar-refractivity contribution in [3.63, 3.8) is 0 Å². The van der Waals surface area contributed by atoms with Crippen molar-refractivity contribution in [1.82, 2.24) is 4.90 Å². The van der Waals surface area contributed by atoms with Crippen molar-refractivity contribution in [2.45, 2.75) is 33.1 Å². The predicted molar refractivity (Wildman–Crippen MR) is 76.3 cm³/mol. The summed E-state index contributed by atoms with van der Waals surface area (Å²) < 4.78 is 10.9. The second-order valence-corrected chi connectivity index (χ2v) is 4.96. The highest BCUT2D eigenvalue weighted by Crippen LogP contribution is 2.21. The third-order valence-electron chi connectivity index (χ3n) is 2.89. The quantitative estimate of drug-likeness (QED) is 0.782. The van der Waals surface area contributed by atoms with Gasteiger partial charge in [-0.25, -0.2) is 0 Å². The Hall–Kier alpha value is -1.10. The maximum atomic E-state index is 9.19.